The number of thiophene rings is 1. The van der Waals surface area contributed by atoms with Crippen LogP contribution in [0.25, 0.3) is 10.7 Å². The lowest BCUT2D eigenvalue weighted by molar-refractivity contribution is -0.115. The number of nitrogens with one attached hydrogen (secondary N) is 2. The Hall–Kier alpha value is -3.60. The molecule has 0 bridgehead atoms. The number of aromatic hydroxyl groups is 1. The molecular formula is C17H11F2N3O5S. The molecule has 2 heterocycles. The number of rotatable bonds is 5. The monoisotopic (exact) mass is 407 g/mol. The van der Waals surface area contributed by atoms with Crippen molar-refractivity contribution in [3.8, 4) is 16.5 Å². The van der Waals surface area contributed by atoms with Gasteiger partial charge in [-0.1, -0.05) is 0 Å². The van der Waals surface area contributed by atoms with Gasteiger partial charge < -0.3 is 20.5 Å². The third-order valence-electron chi connectivity index (χ3n) is 3.54. The molecule has 0 saturated carbocycles. The quantitative estimate of drug-likeness (QED) is 0.513. The van der Waals surface area contributed by atoms with Crippen molar-refractivity contribution in [3.05, 3.63) is 62.9 Å². The fourth-order valence-corrected chi connectivity index (χ4v) is 3.20. The molecule has 0 aliphatic rings. The van der Waals surface area contributed by atoms with E-state index in [-0.39, 0.29) is 28.4 Å². The van der Waals surface area contributed by atoms with Crippen LogP contribution in [-0.4, -0.2) is 32.1 Å². The number of hydrogen-bond acceptors (Lipinski definition) is 6. The molecule has 0 fully saturated rings. The van der Waals surface area contributed by atoms with Gasteiger partial charge in [-0.25, -0.2) is 18.6 Å². The number of carbonyl (C=O) groups excluding carboxylic acids is 1. The number of hydrogen-bond donors (Lipinski definition) is 4. The molecule has 3 rings (SSSR count). The van der Waals surface area contributed by atoms with Crippen molar-refractivity contribution < 1.29 is 28.6 Å². The molecule has 0 unspecified atom stereocenters. The summed E-state index contributed by atoms with van der Waals surface area (Å²) < 4.78 is 26.5. The first-order valence-corrected chi connectivity index (χ1v) is 8.52. The minimum Gasteiger partial charge on any atom is -0.501 e. The van der Waals surface area contributed by atoms with E-state index in [0.717, 1.165) is 23.5 Å². The molecule has 1 aromatic carbocycles. The van der Waals surface area contributed by atoms with Gasteiger partial charge in [0.05, 0.1) is 17.0 Å². The van der Waals surface area contributed by atoms with E-state index in [9.17, 15) is 28.3 Å². The molecule has 0 saturated heterocycles. The zero-order chi connectivity index (χ0) is 20.4. The standard InChI is InChI=1S/C17H11F2N3O5S/c18-8-3-7(4-9(19)6-8)5-11(23)20-10-1-2-28-14(10)15-21-12(17(26)27)13(24)16(25)22-15/h1-4,6,24H,5H2,(H,20,23)(H,26,27)(H,21,22,25). The van der Waals surface area contributed by atoms with Crippen LogP contribution in [0.5, 0.6) is 5.75 Å². The van der Waals surface area contributed by atoms with Gasteiger partial charge in [-0.15, -0.1) is 11.3 Å². The van der Waals surface area contributed by atoms with Gasteiger partial charge in [0, 0.05) is 6.07 Å². The average molecular weight is 407 g/mol. The minimum atomic E-state index is -1.60. The zero-order valence-corrected chi connectivity index (χ0v) is 14.6. The number of aromatic carboxylic acids is 1. The van der Waals surface area contributed by atoms with E-state index >= 15 is 0 Å². The first-order valence-electron chi connectivity index (χ1n) is 7.64. The third kappa shape index (κ3) is 4.04. The molecule has 11 heteroatoms. The number of carboxylic acids is 1. The highest BCUT2D eigenvalue weighted by Gasteiger charge is 2.20. The Balaban J connectivity index is 1.87. The van der Waals surface area contributed by atoms with E-state index in [1.165, 1.54) is 6.07 Å². The molecule has 0 atom stereocenters. The molecule has 4 N–H and O–H groups in total. The number of H-pyrrole nitrogens is 1. The van der Waals surface area contributed by atoms with Gasteiger partial charge in [-0.05, 0) is 29.1 Å². The van der Waals surface area contributed by atoms with E-state index in [4.69, 9.17) is 5.11 Å². The largest absolute Gasteiger partial charge is 0.501 e. The second kappa shape index (κ2) is 7.56. The maximum atomic E-state index is 13.2. The predicted molar refractivity (Wildman–Crippen MR) is 95.5 cm³/mol. The summed E-state index contributed by atoms with van der Waals surface area (Å²) in [5.74, 6) is -5.02. The van der Waals surface area contributed by atoms with Gasteiger partial charge in [-0.2, -0.15) is 0 Å². The van der Waals surface area contributed by atoms with Crippen molar-refractivity contribution in [2.45, 2.75) is 6.42 Å². The zero-order valence-electron chi connectivity index (χ0n) is 13.8. The first kappa shape index (κ1) is 19.2. The van der Waals surface area contributed by atoms with Crippen LogP contribution >= 0.6 is 11.3 Å². The van der Waals surface area contributed by atoms with Crippen LogP contribution < -0.4 is 10.9 Å². The van der Waals surface area contributed by atoms with Crippen molar-refractivity contribution in [1.29, 1.82) is 0 Å². The highest BCUT2D eigenvalue weighted by atomic mass is 32.1. The predicted octanol–water partition coefficient (Wildman–Crippen LogP) is 2.36. The summed E-state index contributed by atoms with van der Waals surface area (Å²) in [4.78, 5) is 41.2. The van der Waals surface area contributed by atoms with Crippen LogP contribution in [0, 0.1) is 11.6 Å². The number of aromatic amines is 1. The van der Waals surface area contributed by atoms with Crippen molar-refractivity contribution in [2.75, 3.05) is 5.32 Å². The number of halogens is 2. The topological polar surface area (TPSA) is 132 Å². The average Bonchev–Trinajstić information content (AvgIpc) is 3.03. The maximum absolute atomic E-state index is 13.2. The Labute approximate surface area is 159 Å². The van der Waals surface area contributed by atoms with E-state index in [2.05, 4.69) is 15.3 Å². The highest BCUT2D eigenvalue weighted by Crippen LogP contribution is 2.31. The van der Waals surface area contributed by atoms with Crippen LogP contribution in [0.4, 0.5) is 14.5 Å². The first-order chi connectivity index (χ1) is 13.2. The summed E-state index contributed by atoms with van der Waals surface area (Å²) >= 11 is 1.05. The van der Waals surface area contributed by atoms with E-state index in [0.29, 0.717) is 6.07 Å². The van der Waals surface area contributed by atoms with Gasteiger partial charge >= 0.3 is 5.97 Å². The van der Waals surface area contributed by atoms with Gasteiger partial charge in [0.2, 0.25) is 11.7 Å². The second-order valence-corrected chi connectivity index (χ2v) is 6.50. The Morgan fingerprint density at radius 3 is 2.54 bits per heavy atom. The van der Waals surface area contributed by atoms with E-state index < -0.39 is 40.5 Å². The van der Waals surface area contributed by atoms with E-state index in [1.807, 2.05) is 0 Å². The number of benzene rings is 1. The van der Waals surface area contributed by atoms with Crippen LogP contribution in [0.3, 0.4) is 0 Å². The molecule has 0 radical (unpaired) electrons. The van der Waals surface area contributed by atoms with Crippen molar-refractivity contribution in [3.63, 3.8) is 0 Å². The minimum absolute atomic E-state index is 0.121. The van der Waals surface area contributed by atoms with Gasteiger partial charge in [0.1, 0.15) is 11.6 Å². The Kier molecular flexibility index (Phi) is 5.18. The summed E-state index contributed by atoms with van der Waals surface area (Å²) in [5.41, 5.74) is -1.56. The number of carbonyl (C=O) groups is 2. The van der Waals surface area contributed by atoms with Gasteiger partial charge in [0.15, 0.2) is 11.5 Å². The number of aromatic nitrogens is 2. The molecule has 28 heavy (non-hydrogen) atoms. The molecular weight excluding hydrogens is 396 g/mol. The maximum Gasteiger partial charge on any atom is 0.358 e. The molecule has 0 spiro atoms. The van der Waals surface area contributed by atoms with Crippen molar-refractivity contribution in [1.82, 2.24) is 9.97 Å². The molecule has 2 aromatic heterocycles. The van der Waals surface area contributed by atoms with E-state index in [1.54, 1.807) is 5.38 Å². The fraction of sp³-hybridized carbons (Fsp3) is 0.0588. The summed E-state index contributed by atoms with van der Waals surface area (Å²) in [6, 6.07) is 4.22. The third-order valence-corrected chi connectivity index (χ3v) is 4.46. The summed E-state index contributed by atoms with van der Waals surface area (Å²) in [7, 11) is 0. The number of carboxylic acid groups (broad SMARTS) is 1. The molecule has 8 nitrogen and oxygen atoms in total. The lowest BCUT2D eigenvalue weighted by Crippen LogP contribution is -2.17. The lowest BCUT2D eigenvalue weighted by Gasteiger charge is -2.08. The number of nitrogens with zero attached hydrogens (tertiary/aromatic N) is 1. The normalized spacial score (nSPS) is 10.6. The van der Waals surface area contributed by atoms with Gasteiger partial charge in [0.25, 0.3) is 5.56 Å². The molecule has 0 aliphatic carbocycles. The molecule has 3 aromatic rings. The molecule has 144 valence electrons. The summed E-state index contributed by atoms with van der Waals surface area (Å²) in [6.45, 7) is 0. The molecule has 0 aliphatic heterocycles. The van der Waals surface area contributed by atoms with Crippen LogP contribution in [-0.2, 0) is 11.2 Å². The smallest absolute Gasteiger partial charge is 0.358 e. The second-order valence-electron chi connectivity index (χ2n) is 5.58. The summed E-state index contributed by atoms with van der Waals surface area (Å²) in [6.07, 6.45) is -0.316. The lowest BCUT2D eigenvalue weighted by atomic mass is 10.1. The Morgan fingerprint density at radius 2 is 1.89 bits per heavy atom. The summed E-state index contributed by atoms with van der Waals surface area (Å²) in [5, 5.41) is 22.6. The van der Waals surface area contributed by atoms with Gasteiger partial charge in [-0.3, -0.25) is 9.59 Å². The SMILES string of the molecule is O=C(Cc1cc(F)cc(F)c1)Nc1ccsc1-c1nc(C(=O)O)c(O)c(=O)[nH]1. The number of amides is 1. The highest BCUT2D eigenvalue weighted by molar-refractivity contribution is 7.14. The van der Waals surface area contributed by atoms with Crippen molar-refractivity contribution in [2.24, 2.45) is 0 Å². The van der Waals surface area contributed by atoms with Crippen LogP contribution in [0.15, 0.2) is 34.4 Å². The Bertz CT molecular complexity index is 1120. The van der Waals surface area contributed by atoms with Crippen molar-refractivity contribution >= 4 is 28.9 Å². The van der Waals surface area contributed by atoms with Crippen LogP contribution in [0.1, 0.15) is 16.1 Å². The Morgan fingerprint density at radius 1 is 1.21 bits per heavy atom. The number of anilines is 1. The van der Waals surface area contributed by atoms with Crippen LogP contribution in [0.2, 0.25) is 0 Å². The fourth-order valence-electron chi connectivity index (χ4n) is 2.41. The molecule has 1 amide bonds.